The molecule has 0 N–H and O–H groups in total. The van der Waals surface area contributed by atoms with Crippen LogP contribution in [-0.4, -0.2) is 9.49 Å². The Morgan fingerprint density at radius 3 is 2.59 bits per heavy atom. The Morgan fingerprint density at radius 2 is 1.86 bits per heavy atom. The Morgan fingerprint density at radius 1 is 1.14 bits per heavy atom. The van der Waals surface area contributed by atoms with Gasteiger partial charge in [-0.05, 0) is 23.8 Å². The first kappa shape index (κ1) is 14.5. The largest absolute Gasteiger partial charge is 0.342 e. The van der Waals surface area contributed by atoms with Crippen molar-refractivity contribution in [2.75, 3.05) is 0 Å². The van der Waals surface area contributed by atoms with Gasteiger partial charge in [0, 0.05) is 39.8 Å². The normalized spacial score (nSPS) is 11.3. The summed E-state index contributed by atoms with van der Waals surface area (Å²) in [5, 5.41) is 11.6. The molecule has 110 valence electrons. The van der Waals surface area contributed by atoms with Crippen molar-refractivity contribution in [3.63, 3.8) is 0 Å². The highest BCUT2D eigenvalue weighted by Gasteiger charge is 2.07. The number of hydrogen-bond acceptors (Lipinski definition) is 2. The minimum atomic E-state index is -0.444. The third kappa shape index (κ3) is 3.09. The first-order valence-corrected chi connectivity index (χ1v) is 7.57. The van der Waals surface area contributed by atoms with Crippen LogP contribution in [0, 0.1) is 10.1 Å². The van der Waals surface area contributed by atoms with E-state index < -0.39 is 4.92 Å². The molecule has 22 heavy (non-hydrogen) atoms. The molecular formula is C17H13BrN2O2. The number of benzene rings is 2. The van der Waals surface area contributed by atoms with Crippen LogP contribution in [0.4, 0.5) is 0 Å². The third-order valence-electron chi connectivity index (χ3n) is 3.46. The lowest BCUT2D eigenvalue weighted by Gasteiger charge is -2.05. The average molecular weight is 357 g/mol. The lowest BCUT2D eigenvalue weighted by molar-refractivity contribution is -0.400. The highest BCUT2D eigenvalue weighted by atomic mass is 79.9. The lowest BCUT2D eigenvalue weighted by Crippen LogP contribution is -1.97. The van der Waals surface area contributed by atoms with Gasteiger partial charge < -0.3 is 4.57 Å². The second kappa shape index (κ2) is 6.15. The predicted molar refractivity (Wildman–Crippen MR) is 91.2 cm³/mol. The van der Waals surface area contributed by atoms with Crippen LogP contribution >= 0.6 is 15.9 Å². The van der Waals surface area contributed by atoms with Crippen molar-refractivity contribution < 1.29 is 4.92 Å². The molecule has 0 aliphatic rings. The molecule has 4 nitrogen and oxygen atoms in total. The Hall–Kier alpha value is -2.40. The quantitative estimate of drug-likeness (QED) is 0.502. The fourth-order valence-corrected chi connectivity index (χ4v) is 2.73. The van der Waals surface area contributed by atoms with Crippen LogP contribution in [-0.2, 0) is 6.54 Å². The number of rotatable bonds is 4. The molecule has 2 aromatic carbocycles. The predicted octanol–water partition coefficient (Wildman–Crippen LogP) is 4.70. The van der Waals surface area contributed by atoms with Crippen LogP contribution in [0.1, 0.15) is 11.1 Å². The molecule has 0 saturated heterocycles. The topological polar surface area (TPSA) is 48.1 Å². The molecule has 0 unspecified atom stereocenters. The Balaban J connectivity index is 2.02. The molecule has 0 amide bonds. The van der Waals surface area contributed by atoms with Crippen LogP contribution in [0.3, 0.4) is 0 Å². The van der Waals surface area contributed by atoms with Crippen LogP contribution < -0.4 is 0 Å². The molecule has 0 radical (unpaired) electrons. The average Bonchev–Trinajstić information content (AvgIpc) is 2.86. The fraction of sp³-hybridized carbons (Fsp3) is 0.0588. The summed E-state index contributed by atoms with van der Waals surface area (Å²) >= 11 is 3.43. The summed E-state index contributed by atoms with van der Waals surface area (Å²) in [7, 11) is 0. The van der Waals surface area contributed by atoms with E-state index in [1.165, 1.54) is 5.56 Å². The molecule has 0 fully saturated rings. The molecule has 0 atom stereocenters. The van der Waals surface area contributed by atoms with E-state index in [1.807, 2.05) is 42.6 Å². The first-order valence-electron chi connectivity index (χ1n) is 6.77. The van der Waals surface area contributed by atoms with Gasteiger partial charge in [0.2, 0.25) is 6.20 Å². The number of hydrogen-bond donors (Lipinski definition) is 0. The Labute approximate surface area is 136 Å². The minimum absolute atomic E-state index is 0.444. The van der Waals surface area contributed by atoms with Crippen LogP contribution in [0.25, 0.3) is 17.0 Å². The molecule has 0 bridgehead atoms. The van der Waals surface area contributed by atoms with Crippen molar-refractivity contribution in [3.05, 3.63) is 86.6 Å². The van der Waals surface area contributed by atoms with Crippen molar-refractivity contribution >= 4 is 32.9 Å². The lowest BCUT2D eigenvalue weighted by atomic mass is 10.2. The van der Waals surface area contributed by atoms with Gasteiger partial charge in [0.1, 0.15) is 0 Å². The summed E-state index contributed by atoms with van der Waals surface area (Å²) < 4.78 is 3.15. The molecule has 1 aromatic heterocycles. The van der Waals surface area contributed by atoms with Crippen LogP contribution in [0.2, 0.25) is 0 Å². The summed E-state index contributed by atoms with van der Waals surface area (Å²) in [4.78, 5) is 10.1. The van der Waals surface area contributed by atoms with Crippen LogP contribution in [0.5, 0.6) is 0 Å². The fourth-order valence-electron chi connectivity index (χ4n) is 2.47. The van der Waals surface area contributed by atoms with E-state index in [2.05, 4.69) is 32.6 Å². The highest BCUT2D eigenvalue weighted by Crippen LogP contribution is 2.24. The maximum atomic E-state index is 10.5. The standard InChI is InChI=1S/C17H13BrN2O2/c18-15-7-5-13(6-8-15)11-19-12-14(9-10-20(21)22)16-3-1-2-4-17(16)19/h1-10,12H,11H2/b10-9+. The van der Waals surface area contributed by atoms with E-state index in [0.717, 1.165) is 33.7 Å². The van der Waals surface area contributed by atoms with Gasteiger partial charge in [-0.3, -0.25) is 10.1 Å². The van der Waals surface area contributed by atoms with Crippen LogP contribution in [0.15, 0.2) is 65.4 Å². The third-order valence-corrected chi connectivity index (χ3v) is 3.99. The molecule has 5 heteroatoms. The molecule has 0 spiro atoms. The van der Waals surface area contributed by atoms with Gasteiger partial charge >= 0.3 is 0 Å². The molecule has 1 heterocycles. The van der Waals surface area contributed by atoms with Gasteiger partial charge in [0.25, 0.3) is 0 Å². The van der Waals surface area contributed by atoms with Crippen molar-refractivity contribution in [2.24, 2.45) is 0 Å². The highest BCUT2D eigenvalue weighted by molar-refractivity contribution is 9.10. The SMILES string of the molecule is O=[N+]([O-])/C=C/c1cn(Cc2ccc(Br)cc2)c2ccccc12. The molecule has 3 aromatic rings. The molecule has 3 rings (SSSR count). The maximum absolute atomic E-state index is 10.5. The van der Waals surface area contributed by atoms with Gasteiger partial charge in [-0.1, -0.05) is 46.3 Å². The van der Waals surface area contributed by atoms with E-state index in [1.54, 1.807) is 6.08 Å². The maximum Gasteiger partial charge on any atom is 0.235 e. The van der Waals surface area contributed by atoms with E-state index in [9.17, 15) is 10.1 Å². The second-order valence-electron chi connectivity index (χ2n) is 4.96. The van der Waals surface area contributed by atoms with E-state index in [0.29, 0.717) is 0 Å². The van der Waals surface area contributed by atoms with Crippen molar-refractivity contribution in [1.82, 2.24) is 4.57 Å². The summed E-state index contributed by atoms with van der Waals surface area (Å²) in [5.41, 5.74) is 3.09. The summed E-state index contributed by atoms with van der Waals surface area (Å²) in [5.74, 6) is 0. The van der Waals surface area contributed by atoms with Gasteiger partial charge in [0.15, 0.2) is 0 Å². The zero-order valence-electron chi connectivity index (χ0n) is 11.6. The zero-order chi connectivity index (χ0) is 15.5. The minimum Gasteiger partial charge on any atom is -0.342 e. The number of fused-ring (bicyclic) bond motifs is 1. The number of aromatic nitrogens is 1. The van der Waals surface area contributed by atoms with E-state index >= 15 is 0 Å². The molecule has 0 saturated carbocycles. The van der Waals surface area contributed by atoms with Gasteiger partial charge in [-0.15, -0.1) is 0 Å². The summed E-state index contributed by atoms with van der Waals surface area (Å²) in [6.45, 7) is 0.722. The number of nitro groups is 1. The monoisotopic (exact) mass is 356 g/mol. The summed E-state index contributed by atoms with van der Waals surface area (Å²) in [6.07, 6.45) is 4.47. The Kier molecular flexibility index (Phi) is 4.06. The first-order chi connectivity index (χ1) is 10.6. The molecular weight excluding hydrogens is 344 g/mol. The number of nitrogens with zero attached hydrogens (tertiary/aromatic N) is 2. The van der Waals surface area contributed by atoms with Gasteiger partial charge in [0.05, 0.1) is 4.92 Å². The van der Waals surface area contributed by atoms with E-state index in [4.69, 9.17) is 0 Å². The zero-order valence-corrected chi connectivity index (χ0v) is 13.2. The van der Waals surface area contributed by atoms with Gasteiger partial charge in [-0.2, -0.15) is 0 Å². The van der Waals surface area contributed by atoms with E-state index in [-0.39, 0.29) is 0 Å². The second-order valence-corrected chi connectivity index (χ2v) is 5.87. The molecule has 0 aliphatic heterocycles. The Bertz CT molecular complexity index is 851. The van der Waals surface area contributed by atoms with Crippen molar-refractivity contribution in [3.8, 4) is 0 Å². The van der Waals surface area contributed by atoms with Crippen molar-refractivity contribution in [2.45, 2.75) is 6.54 Å². The smallest absolute Gasteiger partial charge is 0.235 e. The van der Waals surface area contributed by atoms with Gasteiger partial charge in [-0.25, -0.2) is 0 Å². The summed E-state index contributed by atoms with van der Waals surface area (Å²) in [6, 6.07) is 16.1. The number of para-hydroxylation sites is 1. The number of halogens is 1. The molecule has 0 aliphatic carbocycles. The van der Waals surface area contributed by atoms with Crippen molar-refractivity contribution in [1.29, 1.82) is 0 Å².